The van der Waals surface area contributed by atoms with Crippen LogP contribution < -0.4 is 15.1 Å². The van der Waals surface area contributed by atoms with Gasteiger partial charge in [0.2, 0.25) is 5.95 Å². The summed E-state index contributed by atoms with van der Waals surface area (Å²) < 4.78 is 0. The number of hydrogen-bond acceptors (Lipinski definition) is 5. The standard InChI is InChI=1S/C23H24N6O2/c1-23(19-8-7-17-5-2-3-6-18(17)15-19)20(30)29(22(31)26-23)16-27-11-13-28(14-12-27)21-24-9-4-10-25-21/h2-10,15H,11-14,16H2,1H3,(H,26,31)/p+1/t23-/m0/s1. The SMILES string of the molecule is C[C@@]1(c2ccc3ccccc3c2)NC(=O)N(C[NH+]2CCN(c3ncccn3)CC2)C1=O. The smallest absolute Gasteiger partial charge is 0.329 e. The first-order valence-corrected chi connectivity index (χ1v) is 10.5. The van der Waals surface area contributed by atoms with Crippen molar-refractivity contribution in [3.8, 4) is 0 Å². The fourth-order valence-corrected chi connectivity index (χ4v) is 4.40. The molecule has 2 N–H and O–H groups in total. The Bertz CT molecular complexity index is 1130. The van der Waals surface area contributed by atoms with Crippen LogP contribution in [0.3, 0.4) is 0 Å². The fraction of sp³-hybridized carbons (Fsp3) is 0.304. The summed E-state index contributed by atoms with van der Waals surface area (Å²) >= 11 is 0. The summed E-state index contributed by atoms with van der Waals surface area (Å²) in [5, 5.41) is 5.08. The van der Waals surface area contributed by atoms with Crippen LogP contribution in [0.2, 0.25) is 0 Å². The van der Waals surface area contributed by atoms with E-state index in [2.05, 4.69) is 20.2 Å². The number of nitrogens with zero attached hydrogens (tertiary/aromatic N) is 4. The Hall–Kier alpha value is -3.52. The minimum Gasteiger partial charge on any atom is -0.330 e. The molecular formula is C23H25N6O2+. The van der Waals surface area contributed by atoms with Gasteiger partial charge in [-0.15, -0.1) is 0 Å². The maximum absolute atomic E-state index is 13.3. The minimum atomic E-state index is -1.06. The molecule has 0 unspecified atom stereocenters. The summed E-state index contributed by atoms with van der Waals surface area (Å²) in [6.45, 7) is 5.33. The molecule has 3 heterocycles. The van der Waals surface area contributed by atoms with E-state index in [0.717, 1.165) is 48.5 Å². The third-order valence-electron chi connectivity index (χ3n) is 6.29. The quantitative estimate of drug-likeness (QED) is 0.613. The van der Waals surface area contributed by atoms with E-state index in [0.29, 0.717) is 6.67 Å². The Morgan fingerprint density at radius 3 is 2.45 bits per heavy atom. The highest BCUT2D eigenvalue weighted by atomic mass is 16.2. The molecule has 1 atom stereocenters. The summed E-state index contributed by atoms with van der Waals surface area (Å²) in [6.07, 6.45) is 3.48. The Morgan fingerprint density at radius 1 is 1.00 bits per heavy atom. The second-order valence-corrected chi connectivity index (χ2v) is 8.29. The average Bonchev–Trinajstić information content (AvgIpc) is 3.03. The lowest BCUT2D eigenvalue weighted by atomic mass is 9.90. The van der Waals surface area contributed by atoms with Gasteiger partial charge in [-0.25, -0.2) is 19.7 Å². The van der Waals surface area contributed by atoms with Crippen molar-refractivity contribution in [3.63, 3.8) is 0 Å². The molecule has 158 valence electrons. The number of rotatable bonds is 4. The van der Waals surface area contributed by atoms with Gasteiger partial charge in [-0.05, 0) is 35.4 Å². The van der Waals surface area contributed by atoms with E-state index in [9.17, 15) is 9.59 Å². The van der Waals surface area contributed by atoms with Crippen molar-refractivity contribution in [1.29, 1.82) is 0 Å². The van der Waals surface area contributed by atoms with Crippen LogP contribution >= 0.6 is 0 Å². The highest BCUT2D eigenvalue weighted by molar-refractivity contribution is 6.07. The van der Waals surface area contributed by atoms with Crippen LogP contribution in [0, 0.1) is 0 Å². The van der Waals surface area contributed by atoms with Gasteiger partial charge in [0, 0.05) is 12.4 Å². The lowest BCUT2D eigenvalue weighted by molar-refractivity contribution is -0.907. The highest BCUT2D eigenvalue weighted by Crippen LogP contribution is 2.30. The second-order valence-electron chi connectivity index (χ2n) is 8.29. The number of benzene rings is 2. The predicted molar refractivity (Wildman–Crippen MR) is 116 cm³/mol. The number of piperazine rings is 1. The van der Waals surface area contributed by atoms with Crippen LogP contribution in [0.1, 0.15) is 12.5 Å². The number of amides is 3. The summed E-state index contributed by atoms with van der Waals surface area (Å²) in [5.41, 5.74) is -0.256. The van der Waals surface area contributed by atoms with Crippen LogP contribution in [-0.4, -0.2) is 59.7 Å². The maximum Gasteiger partial charge on any atom is 0.329 e. The molecule has 2 fully saturated rings. The molecule has 0 bridgehead atoms. The van der Waals surface area contributed by atoms with Crippen molar-refractivity contribution in [2.75, 3.05) is 37.7 Å². The molecular weight excluding hydrogens is 392 g/mol. The summed E-state index contributed by atoms with van der Waals surface area (Å²) in [6, 6.07) is 15.4. The van der Waals surface area contributed by atoms with Gasteiger partial charge in [0.05, 0.1) is 26.2 Å². The largest absolute Gasteiger partial charge is 0.330 e. The number of nitrogens with one attached hydrogen (secondary N) is 2. The number of quaternary nitrogens is 1. The van der Waals surface area contributed by atoms with Crippen molar-refractivity contribution in [2.24, 2.45) is 0 Å². The van der Waals surface area contributed by atoms with Crippen molar-refractivity contribution < 1.29 is 14.5 Å². The molecule has 1 aromatic heterocycles. The van der Waals surface area contributed by atoms with Crippen LogP contribution in [0.4, 0.5) is 10.7 Å². The minimum absolute atomic E-state index is 0.200. The van der Waals surface area contributed by atoms with Crippen molar-refractivity contribution >= 4 is 28.7 Å². The Balaban J connectivity index is 1.29. The van der Waals surface area contributed by atoms with Crippen molar-refractivity contribution in [1.82, 2.24) is 20.2 Å². The molecule has 2 aliphatic heterocycles. The molecule has 2 aromatic carbocycles. The molecule has 5 rings (SSSR count). The van der Waals surface area contributed by atoms with Crippen LogP contribution in [0.25, 0.3) is 10.8 Å². The Labute approximate surface area is 180 Å². The Kier molecular flexibility index (Phi) is 4.78. The zero-order valence-corrected chi connectivity index (χ0v) is 17.4. The number of carbonyl (C=O) groups is 2. The molecule has 3 amide bonds. The van der Waals surface area contributed by atoms with Crippen LogP contribution in [0.15, 0.2) is 60.9 Å². The third-order valence-corrected chi connectivity index (χ3v) is 6.29. The van der Waals surface area contributed by atoms with Gasteiger partial charge in [0.1, 0.15) is 5.54 Å². The molecule has 0 saturated carbocycles. The molecule has 31 heavy (non-hydrogen) atoms. The van der Waals surface area contributed by atoms with E-state index in [1.54, 1.807) is 25.4 Å². The zero-order chi connectivity index (χ0) is 21.4. The van der Waals surface area contributed by atoms with Gasteiger partial charge in [-0.1, -0.05) is 36.4 Å². The summed E-state index contributed by atoms with van der Waals surface area (Å²) in [5.74, 6) is 0.523. The number of urea groups is 1. The molecule has 0 aliphatic carbocycles. The average molecular weight is 417 g/mol. The first-order valence-electron chi connectivity index (χ1n) is 10.5. The van der Waals surface area contributed by atoms with Gasteiger partial charge in [0.25, 0.3) is 5.91 Å². The lowest BCUT2D eigenvalue weighted by Gasteiger charge is -2.33. The lowest BCUT2D eigenvalue weighted by Crippen LogP contribution is -3.16. The van der Waals surface area contributed by atoms with Gasteiger partial charge >= 0.3 is 6.03 Å². The summed E-state index contributed by atoms with van der Waals surface area (Å²) in [7, 11) is 0. The Morgan fingerprint density at radius 2 is 1.71 bits per heavy atom. The van der Waals surface area contributed by atoms with Gasteiger partial charge in [-0.3, -0.25) is 4.79 Å². The van der Waals surface area contributed by atoms with E-state index >= 15 is 0 Å². The van der Waals surface area contributed by atoms with Gasteiger partial charge in [0.15, 0.2) is 6.67 Å². The number of anilines is 1. The van der Waals surface area contributed by atoms with Gasteiger partial charge in [-0.2, -0.15) is 0 Å². The molecule has 2 saturated heterocycles. The molecule has 8 heteroatoms. The van der Waals surface area contributed by atoms with Gasteiger partial charge < -0.3 is 15.1 Å². The van der Waals surface area contributed by atoms with Crippen LogP contribution in [0.5, 0.6) is 0 Å². The van der Waals surface area contributed by atoms with E-state index in [1.807, 2.05) is 42.5 Å². The molecule has 8 nitrogen and oxygen atoms in total. The molecule has 2 aliphatic rings. The molecule has 3 aromatic rings. The monoisotopic (exact) mass is 417 g/mol. The van der Waals surface area contributed by atoms with E-state index in [1.165, 1.54) is 9.80 Å². The van der Waals surface area contributed by atoms with E-state index in [-0.39, 0.29) is 11.9 Å². The van der Waals surface area contributed by atoms with Crippen LogP contribution in [-0.2, 0) is 10.3 Å². The first kappa shape index (κ1) is 19.4. The molecule has 0 radical (unpaired) electrons. The topological polar surface area (TPSA) is 82.9 Å². The number of fused-ring (bicyclic) bond motifs is 1. The third kappa shape index (κ3) is 3.48. The number of aromatic nitrogens is 2. The van der Waals surface area contributed by atoms with E-state index in [4.69, 9.17) is 0 Å². The van der Waals surface area contributed by atoms with Crippen molar-refractivity contribution in [2.45, 2.75) is 12.5 Å². The fourth-order valence-electron chi connectivity index (χ4n) is 4.40. The second kappa shape index (κ2) is 7.63. The number of imide groups is 1. The van der Waals surface area contributed by atoms with E-state index < -0.39 is 5.54 Å². The molecule has 0 spiro atoms. The highest BCUT2D eigenvalue weighted by Gasteiger charge is 2.50. The maximum atomic E-state index is 13.3. The summed E-state index contributed by atoms with van der Waals surface area (Å²) in [4.78, 5) is 39.4. The normalized spacial score (nSPS) is 22.2. The number of hydrogen-bond donors (Lipinski definition) is 2. The van der Waals surface area contributed by atoms with Crippen molar-refractivity contribution in [3.05, 3.63) is 66.5 Å². The number of carbonyl (C=O) groups excluding carboxylic acids is 2. The first-order chi connectivity index (χ1) is 15.0. The predicted octanol–water partition coefficient (Wildman–Crippen LogP) is 0.759. The zero-order valence-electron chi connectivity index (χ0n) is 17.4.